The van der Waals surface area contributed by atoms with Crippen LogP contribution in [0.15, 0.2) is 23.9 Å². The number of allylic oxidation sites excluding steroid dienone is 3. The molecule has 16 heavy (non-hydrogen) atoms. The largest absolute Gasteiger partial charge is 0.326 e. The van der Waals surface area contributed by atoms with Gasteiger partial charge in [0.1, 0.15) is 5.78 Å². The van der Waals surface area contributed by atoms with Gasteiger partial charge in [0.25, 0.3) is 0 Å². The molecule has 0 spiro atoms. The van der Waals surface area contributed by atoms with E-state index in [1.54, 1.807) is 0 Å². The predicted octanol–water partition coefficient (Wildman–Crippen LogP) is 2.10. The Hall–Kier alpha value is -1.38. The molecule has 0 aromatic rings. The van der Waals surface area contributed by atoms with Crippen LogP contribution >= 0.6 is 0 Å². The molecule has 1 fully saturated rings. The van der Waals surface area contributed by atoms with Crippen molar-refractivity contribution in [2.45, 2.75) is 38.5 Å². The monoisotopic (exact) mass is 219 g/mol. The summed E-state index contributed by atoms with van der Waals surface area (Å²) < 4.78 is 0. The third-order valence-electron chi connectivity index (χ3n) is 3.18. The van der Waals surface area contributed by atoms with Gasteiger partial charge in [0.05, 0.1) is 0 Å². The number of carbonyl (C=O) groups is 2. The molecule has 0 bridgehead atoms. The van der Waals surface area contributed by atoms with Gasteiger partial charge >= 0.3 is 0 Å². The number of carbonyl (C=O) groups excluding carboxylic acids is 2. The van der Waals surface area contributed by atoms with E-state index in [1.165, 1.54) is 0 Å². The number of amides is 1. The first-order valence-corrected chi connectivity index (χ1v) is 5.95. The van der Waals surface area contributed by atoms with E-state index in [2.05, 4.69) is 11.4 Å². The lowest BCUT2D eigenvalue weighted by Crippen LogP contribution is -2.32. The van der Waals surface area contributed by atoms with Crippen molar-refractivity contribution in [3.63, 3.8) is 0 Å². The highest BCUT2D eigenvalue weighted by molar-refractivity contribution is 5.85. The highest BCUT2D eigenvalue weighted by Crippen LogP contribution is 2.22. The van der Waals surface area contributed by atoms with E-state index in [0.717, 1.165) is 18.5 Å². The van der Waals surface area contributed by atoms with Gasteiger partial charge in [-0.25, -0.2) is 0 Å². The quantitative estimate of drug-likeness (QED) is 0.773. The van der Waals surface area contributed by atoms with Crippen molar-refractivity contribution in [2.24, 2.45) is 5.92 Å². The fraction of sp³-hybridized carbons (Fsp3) is 0.538. The molecule has 1 N–H and O–H groups in total. The number of rotatable bonds is 2. The van der Waals surface area contributed by atoms with Gasteiger partial charge in [-0.15, -0.1) is 0 Å². The topological polar surface area (TPSA) is 46.2 Å². The molecule has 1 amide bonds. The van der Waals surface area contributed by atoms with Gasteiger partial charge in [0, 0.05) is 24.5 Å². The second-order valence-electron chi connectivity index (χ2n) is 4.44. The summed E-state index contributed by atoms with van der Waals surface area (Å²) in [5.74, 6) is 0.389. The lowest BCUT2D eigenvalue weighted by atomic mass is 9.88. The van der Waals surface area contributed by atoms with Crippen molar-refractivity contribution in [3.05, 3.63) is 23.9 Å². The van der Waals surface area contributed by atoms with Crippen LogP contribution in [-0.4, -0.2) is 11.7 Å². The zero-order chi connectivity index (χ0) is 11.4. The molecule has 0 aliphatic heterocycles. The Bertz CT molecular complexity index is 345. The number of ketones is 1. The lowest BCUT2D eigenvalue weighted by molar-refractivity contribution is -0.127. The summed E-state index contributed by atoms with van der Waals surface area (Å²) in [5.41, 5.74) is 0.910. The molecule has 86 valence electrons. The van der Waals surface area contributed by atoms with Crippen LogP contribution < -0.4 is 5.32 Å². The van der Waals surface area contributed by atoms with Crippen molar-refractivity contribution in [1.29, 1.82) is 0 Å². The Morgan fingerprint density at radius 3 is 2.62 bits per heavy atom. The molecule has 2 aliphatic rings. The van der Waals surface area contributed by atoms with E-state index in [4.69, 9.17) is 0 Å². The molecule has 3 nitrogen and oxygen atoms in total. The molecule has 3 heteroatoms. The van der Waals surface area contributed by atoms with Gasteiger partial charge in [-0.1, -0.05) is 12.2 Å². The number of hydrogen-bond acceptors (Lipinski definition) is 2. The minimum Gasteiger partial charge on any atom is -0.326 e. The van der Waals surface area contributed by atoms with E-state index >= 15 is 0 Å². The van der Waals surface area contributed by atoms with Crippen LogP contribution in [0.25, 0.3) is 0 Å². The average Bonchev–Trinajstić information content (AvgIpc) is 2.31. The maximum atomic E-state index is 11.9. The second-order valence-corrected chi connectivity index (χ2v) is 4.44. The Kier molecular flexibility index (Phi) is 3.54. The van der Waals surface area contributed by atoms with Gasteiger partial charge < -0.3 is 5.32 Å². The first-order valence-electron chi connectivity index (χ1n) is 5.95. The van der Waals surface area contributed by atoms with Crippen LogP contribution in [0.4, 0.5) is 0 Å². The highest BCUT2D eigenvalue weighted by atomic mass is 16.2. The van der Waals surface area contributed by atoms with E-state index < -0.39 is 0 Å². The van der Waals surface area contributed by atoms with Gasteiger partial charge in [-0.05, 0) is 31.8 Å². The maximum absolute atomic E-state index is 11.9. The summed E-state index contributed by atoms with van der Waals surface area (Å²) in [6.07, 6.45) is 10.7. The number of nitrogens with one attached hydrogen (secondary N) is 1. The summed E-state index contributed by atoms with van der Waals surface area (Å²) in [5, 5.41) is 2.93. The molecule has 0 aromatic heterocycles. The second kappa shape index (κ2) is 5.10. The molecule has 0 unspecified atom stereocenters. The highest BCUT2D eigenvalue weighted by Gasteiger charge is 2.24. The van der Waals surface area contributed by atoms with E-state index in [-0.39, 0.29) is 11.8 Å². The molecular weight excluding hydrogens is 202 g/mol. The summed E-state index contributed by atoms with van der Waals surface area (Å²) in [7, 11) is 0. The van der Waals surface area contributed by atoms with Crippen molar-refractivity contribution in [3.8, 4) is 0 Å². The van der Waals surface area contributed by atoms with Crippen LogP contribution in [0, 0.1) is 5.92 Å². The molecule has 2 rings (SSSR count). The smallest absolute Gasteiger partial charge is 0.227 e. The fourth-order valence-electron chi connectivity index (χ4n) is 2.15. The van der Waals surface area contributed by atoms with Crippen LogP contribution in [0.3, 0.4) is 0 Å². The molecular formula is C13H17NO2. The molecule has 2 aliphatic carbocycles. The minimum absolute atomic E-state index is 0.0222. The van der Waals surface area contributed by atoms with E-state index in [1.807, 2.05) is 12.2 Å². The van der Waals surface area contributed by atoms with Crippen molar-refractivity contribution < 1.29 is 9.59 Å². The van der Waals surface area contributed by atoms with Crippen LogP contribution in [0.5, 0.6) is 0 Å². The first-order chi connectivity index (χ1) is 7.75. The summed E-state index contributed by atoms with van der Waals surface area (Å²) in [4.78, 5) is 22.9. The van der Waals surface area contributed by atoms with Crippen molar-refractivity contribution >= 4 is 11.7 Å². The lowest BCUT2D eigenvalue weighted by Gasteiger charge is -2.20. The molecule has 0 aromatic carbocycles. The molecule has 0 atom stereocenters. The zero-order valence-electron chi connectivity index (χ0n) is 9.37. The van der Waals surface area contributed by atoms with Crippen LogP contribution in [0.2, 0.25) is 0 Å². The van der Waals surface area contributed by atoms with Gasteiger partial charge in [-0.3, -0.25) is 9.59 Å². The first kappa shape index (κ1) is 11.1. The third kappa shape index (κ3) is 2.81. The van der Waals surface area contributed by atoms with Crippen molar-refractivity contribution in [2.75, 3.05) is 0 Å². The predicted molar refractivity (Wildman–Crippen MR) is 61.6 cm³/mol. The molecule has 1 saturated carbocycles. The van der Waals surface area contributed by atoms with Crippen LogP contribution in [-0.2, 0) is 9.59 Å². The Morgan fingerprint density at radius 1 is 1.25 bits per heavy atom. The maximum Gasteiger partial charge on any atom is 0.227 e. The summed E-state index contributed by atoms with van der Waals surface area (Å²) >= 11 is 0. The Balaban J connectivity index is 1.86. The van der Waals surface area contributed by atoms with Crippen molar-refractivity contribution in [1.82, 2.24) is 5.32 Å². The van der Waals surface area contributed by atoms with Gasteiger partial charge in [0.2, 0.25) is 5.91 Å². The Morgan fingerprint density at radius 2 is 2.00 bits per heavy atom. The van der Waals surface area contributed by atoms with Crippen LogP contribution in [0.1, 0.15) is 38.5 Å². The molecule has 0 radical (unpaired) electrons. The standard InChI is InChI=1S/C13H17NO2/c15-12-8-6-10(7-9-12)13(16)14-11-4-2-1-3-5-11/h2,4-5,10H,1,3,6-9H2,(H,14,16). The summed E-state index contributed by atoms with van der Waals surface area (Å²) in [6, 6.07) is 0. The van der Waals surface area contributed by atoms with E-state index in [0.29, 0.717) is 31.5 Å². The summed E-state index contributed by atoms with van der Waals surface area (Å²) in [6.45, 7) is 0. The zero-order valence-corrected chi connectivity index (χ0v) is 9.37. The molecule has 0 heterocycles. The average molecular weight is 219 g/mol. The normalized spacial score (nSPS) is 21.8. The van der Waals surface area contributed by atoms with E-state index in [9.17, 15) is 9.59 Å². The Labute approximate surface area is 95.6 Å². The third-order valence-corrected chi connectivity index (χ3v) is 3.18. The number of Topliss-reactive ketones (excluding diaryl/α,β-unsaturated/α-hetero) is 1. The number of hydrogen-bond donors (Lipinski definition) is 1. The molecule has 0 saturated heterocycles. The minimum atomic E-state index is 0.0222. The van der Waals surface area contributed by atoms with Gasteiger partial charge in [0.15, 0.2) is 0 Å². The van der Waals surface area contributed by atoms with Gasteiger partial charge in [-0.2, -0.15) is 0 Å². The SMILES string of the molecule is O=C1CCC(C(=O)NC2=CCCC=C2)CC1. The fourth-order valence-corrected chi connectivity index (χ4v) is 2.15.